The summed E-state index contributed by atoms with van der Waals surface area (Å²) in [6.07, 6.45) is 3.81. The molecule has 1 aliphatic heterocycles. The summed E-state index contributed by atoms with van der Waals surface area (Å²) in [6.45, 7) is 7.98. The molecule has 1 N–H and O–H groups in total. The van der Waals surface area contributed by atoms with Gasteiger partial charge in [0.1, 0.15) is 0 Å². The minimum Gasteiger partial charge on any atom is -0.385 e. The molecule has 0 radical (unpaired) electrons. The molecule has 1 aliphatic rings. The molecule has 1 unspecified atom stereocenters. The highest BCUT2D eigenvalue weighted by atomic mass is 16.5. The van der Waals surface area contributed by atoms with Gasteiger partial charge in [0, 0.05) is 33.4 Å². The standard InChI is InChI=1S/C12H26N2O/c1-12(6-4-7-13-10-12)11-14(2)8-5-9-15-3/h13H,4-11H2,1-3H3. The van der Waals surface area contributed by atoms with Gasteiger partial charge in [0.25, 0.3) is 0 Å². The predicted octanol–water partition coefficient (Wildman–Crippen LogP) is 1.34. The van der Waals surface area contributed by atoms with Crippen molar-refractivity contribution in [3.63, 3.8) is 0 Å². The van der Waals surface area contributed by atoms with Crippen LogP contribution >= 0.6 is 0 Å². The molecular formula is C12H26N2O. The quantitative estimate of drug-likeness (QED) is 0.675. The van der Waals surface area contributed by atoms with Gasteiger partial charge >= 0.3 is 0 Å². The van der Waals surface area contributed by atoms with Crippen molar-refractivity contribution in [1.29, 1.82) is 0 Å². The van der Waals surface area contributed by atoms with Gasteiger partial charge < -0.3 is 15.0 Å². The number of ether oxygens (including phenoxy) is 1. The molecular weight excluding hydrogens is 188 g/mol. The number of nitrogens with one attached hydrogen (secondary N) is 1. The molecule has 3 nitrogen and oxygen atoms in total. The molecule has 15 heavy (non-hydrogen) atoms. The molecule has 0 aromatic carbocycles. The third-order valence-corrected chi connectivity index (χ3v) is 3.23. The van der Waals surface area contributed by atoms with Crippen molar-refractivity contribution in [1.82, 2.24) is 10.2 Å². The van der Waals surface area contributed by atoms with Crippen molar-refractivity contribution in [3.05, 3.63) is 0 Å². The molecule has 0 saturated carbocycles. The summed E-state index contributed by atoms with van der Waals surface area (Å²) >= 11 is 0. The van der Waals surface area contributed by atoms with Crippen LogP contribution in [0.1, 0.15) is 26.2 Å². The second-order valence-corrected chi connectivity index (χ2v) is 5.18. The van der Waals surface area contributed by atoms with E-state index < -0.39 is 0 Å². The Kier molecular flexibility index (Phi) is 5.58. The van der Waals surface area contributed by atoms with E-state index >= 15 is 0 Å². The first-order valence-electron chi connectivity index (χ1n) is 6.04. The summed E-state index contributed by atoms with van der Waals surface area (Å²) in [6, 6.07) is 0. The molecule has 0 aromatic rings. The van der Waals surface area contributed by atoms with Crippen molar-refractivity contribution in [3.8, 4) is 0 Å². The normalized spacial score (nSPS) is 27.2. The topological polar surface area (TPSA) is 24.5 Å². The first-order chi connectivity index (χ1) is 7.16. The van der Waals surface area contributed by atoms with Crippen LogP contribution in [0.15, 0.2) is 0 Å². The largest absolute Gasteiger partial charge is 0.385 e. The van der Waals surface area contributed by atoms with Gasteiger partial charge in [-0.1, -0.05) is 6.92 Å². The predicted molar refractivity (Wildman–Crippen MR) is 64.2 cm³/mol. The third kappa shape index (κ3) is 4.96. The fourth-order valence-electron chi connectivity index (χ4n) is 2.46. The van der Waals surface area contributed by atoms with Crippen molar-refractivity contribution in [2.45, 2.75) is 26.2 Å². The Balaban J connectivity index is 2.20. The fourth-order valence-corrected chi connectivity index (χ4v) is 2.46. The lowest BCUT2D eigenvalue weighted by Crippen LogP contribution is -2.45. The second-order valence-electron chi connectivity index (χ2n) is 5.18. The zero-order chi connectivity index (χ0) is 11.1. The molecule has 1 atom stereocenters. The molecule has 0 spiro atoms. The highest BCUT2D eigenvalue weighted by Crippen LogP contribution is 2.25. The van der Waals surface area contributed by atoms with Crippen LogP contribution in [-0.2, 0) is 4.74 Å². The van der Waals surface area contributed by atoms with Crippen LogP contribution in [0.3, 0.4) is 0 Å². The van der Waals surface area contributed by atoms with E-state index in [9.17, 15) is 0 Å². The maximum absolute atomic E-state index is 5.07. The molecule has 0 bridgehead atoms. The SMILES string of the molecule is COCCCN(C)CC1(C)CCCNC1. The van der Waals surface area contributed by atoms with Crippen molar-refractivity contribution in [2.75, 3.05) is 46.9 Å². The lowest BCUT2D eigenvalue weighted by atomic mass is 9.82. The maximum atomic E-state index is 5.07. The lowest BCUT2D eigenvalue weighted by Gasteiger charge is -2.37. The van der Waals surface area contributed by atoms with Gasteiger partial charge in [-0.15, -0.1) is 0 Å². The molecule has 1 fully saturated rings. The van der Waals surface area contributed by atoms with Crippen LogP contribution in [0.25, 0.3) is 0 Å². The highest BCUT2D eigenvalue weighted by Gasteiger charge is 2.27. The van der Waals surface area contributed by atoms with Gasteiger partial charge in [-0.3, -0.25) is 0 Å². The van der Waals surface area contributed by atoms with E-state index in [2.05, 4.69) is 24.2 Å². The van der Waals surface area contributed by atoms with Crippen molar-refractivity contribution >= 4 is 0 Å². The van der Waals surface area contributed by atoms with Gasteiger partial charge in [-0.25, -0.2) is 0 Å². The van der Waals surface area contributed by atoms with E-state index in [0.717, 1.165) is 19.6 Å². The highest BCUT2D eigenvalue weighted by molar-refractivity contribution is 4.83. The van der Waals surface area contributed by atoms with Gasteiger partial charge in [-0.05, 0) is 38.3 Å². The smallest absolute Gasteiger partial charge is 0.0474 e. The summed E-state index contributed by atoms with van der Waals surface area (Å²) in [5.41, 5.74) is 0.472. The maximum Gasteiger partial charge on any atom is 0.0474 e. The van der Waals surface area contributed by atoms with Gasteiger partial charge in [0.15, 0.2) is 0 Å². The van der Waals surface area contributed by atoms with E-state index in [1.807, 2.05) is 0 Å². The Morgan fingerprint density at radius 3 is 2.87 bits per heavy atom. The molecule has 0 amide bonds. The number of hydrogen-bond acceptors (Lipinski definition) is 3. The van der Waals surface area contributed by atoms with E-state index in [1.54, 1.807) is 7.11 Å². The molecule has 0 aromatic heterocycles. The monoisotopic (exact) mass is 214 g/mol. The van der Waals surface area contributed by atoms with Crippen LogP contribution < -0.4 is 5.32 Å². The lowest BCUT2D eigenvalue weighted by molar-refractivity contribution is 0.135. The molecule has 0 aliphatic carbocycles. The molecule has 90 valence electrons. The van der Waals surface area contributed by atoms with Gasteiger partial charge in [0.2, 0.25) is 0 Å². The van der Waals surface area contributed by atoms with Gasteiger partial charge in [0.05, 0.1) is 0 Å². The molecule has 1 heterocycles. The van der Waals surface area contributed by atoms with Crippen LogP contribution in [-0.4, -0.2) is 51.8 Å². The number of rotatable bonds is 6. The summed E-state index contributed by atoms with van der Waals surface area (Å²) < 4.78 is 5.07. The minimum absolute atomic E-state index is 0.472. The number of hydrogen-bond donors (Lipinski definition) is 1. The van der Waals surface area contributed by atoms with Crippen LogP contribution in [0.4, 0.5) is 0 Å². The Morgan fingerprint density at radius 2 is 2.27 bits per heavy atom. The Bertz CT molecular complexity index is 167. The third-order valence-electron chi connectivity index (χ3n) is 3.23. The van der Waals surface area contributed by atoms with Crippen molar-refractivity contribution in [2.24, 2.45) is 5.41 Å². The summed E-state index contributed by atoms with van der Waals surface area (Å²) in [5, 5.41) is 3.50. The second kappa shape index (κ2) is 6.46. The Morgan fingerprint density at radius 1 is 1.47 bits per heavy atom. The summed E-state index contributed by atoms with van der Waals surface area (Å²) in [5.74, 6) is 0. The van der Waals surface area contributed by atoms with E-state index in [4.69, 9.17) is 4.74 Å². The summed E-state index contributed by atoms with van der Waals surface area (Å²) in [7, 11) is 3.99. The zero-order valence-corrected chi connectivity index (χ0v) is 10.5. The van der Waals surface area contributed by atoms with E-state index in [1.165, 1.54) is 32.5 Å². The van der Waals surface area contributed by atoms with Crippen molar-refractivity contribution < 1.29 is 4.74 Å². The first kappa shape index (κ1) is 12.9. The van der Waals surface area contributed by atoms with Gasteiger partial charge in [-0.2, -0.15) is 0 Å². The van der Waals surface area contributed by atoms with Crippen LogP contribution in [0.5, 0.6) is 0 Å². The van der Waals surface area contributed by atoms with Crippen LogP contribution in [0.2, 0.25) is 0 Å². The fraction of sp³-hybridized carbons (Fsp3) is 1.00. The summed E-state index contributed by atoms with van der Waals surface area (Å²) in [4.78, 5) is 2.44. The molecule has 3 heteroatoms. The molecule has 1 saturated heterocycles. The van der Waals surface area contributed by atoms with E-state index in [0.29, 0.717) is 5.41 Å². The number of nitrogens with zero attached hydrogens (tertiary/aromatic N) is 1. The Hall–Kier alpha value is -0.120. The Labute approximate surface area is 94.2 Å². The van der Waals surface area contributed by atoms with Crippen LogP contribution in [0, 0.1) is 5.41 Å². The number of methoxy groups -OCH3 is 1. The zero-order valence-electron chi connectivity index (χ0n) is 10.5. The first-order valence-corrected chi connectivity index (χ1v) is 6.04. The average Bonchev–Trinajstić information content (AvgIpc) is 2.18. The number of piperidine rings is 1. The average molecular weight is 214 g/mol. The van der Waals surface area contributed by atoms with E-state index in [-0.39, 0.29) is 0 Å². The minimum atomic E-state index is 0.472. The molecule has 1 rings (SSSR count).